The zero-order valence-electron chi connectivity index (χ0n) is 16.4. The second-order valence-electron chi connectivity index (χ2n) is 8.73. The zero-order valence-corrected chi connectivity index (χ0v) is 18.2. The topological polar surface area (TPSA) is 34.1 Å². The lowest BCUT2D eigenvalue weighted by Gasteiger charge is -2.28. The van der Waals surface area contributed by atoms with E-state index in [1.54, 1.807) is 0 Å². The minimum atomic E-state index is -2.58. The van der Waals surface area contributed by atoms with Gasteiger partial charge in [0.15, 0.2) is 0 Å². The summed E-state index contributed by atoms with van der Waals surface area (Å²) in [6, 6.07) is 20.3. The van der Waals surface area contributed by atoms with Crippen molar-refractivity contribution < 1.29 is 9.13 Å². The average molecular weight is 408 g/mol. The van der Waals surface area contributed by atoms with E-state index in [-0.39, 0.29) is 22.9 Å². The third-order valence-corrected chi connectivity index (χ3v) is 14.5. The van der Waals surface area contributed by atoms with Gasteiger partial charge in [-0.15, -0.1) is 0 Å². The highest BCUT2D eigenvalue weighted by atomic mass is 31.2. The lowest BCUT2D eigenvalue weighted by atomic mass is 9.85. The largest absolute Gasteiger partial charge is 0.322 e. The summed E-state index contributed by atoms with van der Waals surface area (Å²) < 4.78 is 28.6. The lowest BCUT2D eigenvalue weighted by molar-refractivity contribution is 0.545. The fraction of sp³-hybridized carbons (Fsp3) is 0.333. The van der Waals surface area contributed by atoms with Gasteiger partial charge in [-0.2, -0.15) is 0 Å². The van der Waals surface area contributed by atoms with Crippen LogP contribution in [0.15, 0.2) is 83.7 Å². The number of allylic oxidation sites excluding steroid dienone is 3. The van der Waals surface area contributed by atoms with Crippen LogP contribution in [0.5, 0.6) is 0 Å². The second-order valence-corrected chi connectivity index (χ2v) is 14.8. The van der Waals surface area contributed by atoms with Crippen LogP contribution in [-0.2, 0) is 21.5 Å². The molecule has 5 rings (SSSR count). The first-order valence-electron chi connectivity index (χ1n) is 10.0. The predicted octanol–water partition coefficient (Wildman–Crippen LogP) is 6.73. The maximum absolute atomic E-state index is 14.4. The van der Waals surface area contributed by atoms with Crippen molar-refractivity contribution in [2.75, 3.05) is 0 Å². The van der Waals surface area contributed by atoms with E-state index in [0.717, 1.165) is 11.1 Å². The standard InChI is InChI=1S/C24H26O2P2/c1-17-13-21-24-22(23(17)28(21,26)16-20-11-7-4-8-12-20)18(2)14-27(24,25)15-19-9-5-3-6-10-19/h3-14,21-24H,15-16H2,1-2H3. The molecule has 2 nitrogen and oxygen atoms in total. The summed E-state index contributed by atoms with van der Waals surface area (Å²) in [6.45, 7) is 4.25. The fourth-order valence-corrected chi connectivity index (χ4v) is 15.6. The Bertz CT molecular complexity index is 1070. The minimum absolute atomic E-state index is 0.0240. The third kappa shape index (κ3) is 2.62. The van der Waals surface area contributed by atoms with Crippen molar-refractivity contribution in [2.45, 2.75) is 43.1 Å². The molecule has 144 valence electrons. The number of benzene rings is 2. The molecule has 6 unspecified atom stereocenters. The molecule has 0 N–H and O–H groups in total. The monoisotopic (exact) mass is 408 g/mol. The highest BCUT2D eigenvalue weighted by Gasteiger charge is 2.67. The van der Waals surface area contributed by atoms with Crippen LogP contribution < -0.4 is 0 Å². The maximum atomic E-state index is 14.4. The Kier molecular flexibility index (Phi) is 4.24. The first-order valence-corrected chi connectivity index (χ1v) is 14.1. The fourth-order valence-electron chi connectivity index (χ4n) is 5.99. The smallest absolute Gasteiger partial charge is 0.117 e. The predicted molar refractivity (Wildman–Crippen MR) is 118 cm³/mol. The summed E-state index contributed by atoms with van der Waals surface area (Å²) in [5.74, 6) is 2.27. The van der Waals surface area contributed by atoms with Crippen molar-refractivity contribution in [1.82, 2.24) is 0 Å². The van der Waals surface area contributed by atoms with Crippen molar-refractivity contribution in [1.29, 1.82) is 0 Å². The Hall–Kier alpha value is -1.62. The Morgan fingerprint density at radius 1 is 0.786 bits per heavy atom. The molecule has 2 bridgehead atoms. The zero-order chi connectivity index (χ0) is 19.5. The van der Waals surface area contributed by atoms with Crippen molar-refractivity contribution in [3.8, 4) is 0 Å². The van der Waals surface area contributed by atoms with Gasteiger partial charge in [0.1, 0.15) is 14.3 Å². The molecule has 1 fully saturated rings. The van der Waals surface area contributed by atoms with Gasteiger partial charge >= 0.3 is 0 Å². The van der Waals surface area contributed by atoms with E-state index < -0.39 is 14.3 Å². The Morgan fingerprint density at radius 3 is 1.96 bits per heavy atom. The Balaban J connectivity index is 1.55. The van der Waals surface area contributed by atoms with Crippen LogP contribution in [0.4, 0.5) is 0 Å². The third-order valence-electron chi connectivity index (χ3n) is 6.93. The van der Waals surface area contributed by atoms with E-state index in [2.05, 4.69) is 50.0 Å². The first kappa shape index (κ1) is 18.4. The highest BCUT2D eigenvalue weighted by Crippen LogP contribution is 2.83. The van der Waals surface area contributed by atoms with Gasteiger partial charge in [-0.1, -0.05) is 77.9 Å². The molecule has 0 spiro atoms. The molecule has 4 heteroatoms. The van der Waals surface area contributed by atoms with Crippen LogP contribution in [0, 0.1) is 5.92 Å². The van der Waals surface area contributed by atoms with Gasteiger partial charge in [0.05, 0.1) is 0 Å². The summed E-state index contributed by atoms with van der Waals surface area (Å²) >= 11 is 0. The minimum Gasteiger partial charge on any atom is -0.322 e. The van der Waals surface area contributed by atoms with E-state index in [9.17, 15) is 9.13 Å². The molecule has 0 saturated carbocycles. The molecule has 3 aliphatic heterocycles. The van der Waals surface area contributed by atoms with Crippen LogP contribution in [0.25, 0.3) is 0 Å². The van der Waals surface area contributed by atoms with Gasteiger partial charge in [0.2, 0.25) is 0 Å². The molecular formula is C24H26O2P2. The van der Waals surface area contributed by atoms with Gasteiger partial charge in [0.25, 0.3) is 0 Å². The van der Waals surface area contributed by atoms with Crippen LogP contribution in [0.2, 0.25) is 0 Å². The van der Waals surface area contributed by atoms with E-state index in [1.165, 1.54) is 11.1 Å². The van der Waals surface area contributed by atoms with Crippen molar-refractivity contribution in [2.24, 2.45) is 5.92 Å². The van der Waals surface area contributed by atoms with Crippen molar-refractivity contribution in [3.05, 3.63) is 94.8 Å². The van der Waals surface area contributed by atoms with Crippen LogP contribution >= 0.6 is 14.3 Å². The molecule has 2 aromatic carbocycles. The maximum Gasteiger partial charge on any atom is 0.117 e. The van der Waals surface area contributed by atoms with E-state index in [4.69, 9.17) is 0 Å². The number of hydrogen-bond donors (Lipinski definition) is 0. The van der Waals surface area contributed by atoms with E-state index >= 15 is 0 Å². The van der Waals surface area contributed by atoms with Crippen molar-refractivity contribution in [3.63, 3.8) is 0 Å². The lowest BCUT2D eigenvalue weighted by Crippen LogP contribution is -2.28. The molecular weight excluding hydrogens is 382 g/mol. The highest BCUT2D eigenvalue weighted by molar-refractivity contribution is 7.72. The molecule has 0 aromatic heterocycles. The quantitative estimate of drug-likeness (QED) is 0.415. The SMILES string of the molecule is CC1=CP(=O)(Cc2ccccc2)C2C1C1C(C)=CC2P1(=O)Cc1ccccc1. The number of hydrogen-bond acceptors (Lipinski definition) is 2. The summed E-state index contributed by atoms with van der Waals surface area (Å²) in [5, 5.41) is 0. The van der Waals surface area contributed by atoms with E-state index in [1.807, 2.05) is 36.4 Å². The molecule has 3 heterocycles. The molecule has 1 saturated heterocycles. The average Bonchev–Trinajstić information content (AvgIpc) is 3.17. The van der Waals surface area contributed by atoms with Crippen LogP contribution in [0.3, 0.4) is 0 Å². The molecule has 0 amide bonds. The summed E-state index contributed by atoms with van der Waals surface area (Å²) in [6.07, 6.45) is 3.44. The summed E-state index contributed by atoms with van der Waals surface area (Å²) in [4.78, 5) is 0. The van der Waals surface area contributed by atoms with Crippen molar-refractivity contribution >= 4 is 14.3 Å². The molecule has 0 radical (unpaired) electrons. The molecule has 3 aliphatic rings. The van der Waals surface area contributed by atoms with Gasteiger partial charge in [-0.3, -0.25) is 0 Å². The molecule has 2 aromatic rings. The van der Waals surface area contributed by atoms with Crippen LogP contribution in [0.1, 0.15) is 25.0 Å². The normalized spacial score (nSPS) is 38.2. The first-order chi connectivity index (χ1) is 13.4. The number of rotatable bonds is 4. The molecule has 6 atom stereocenters. The van der Waals surface area contributed by atoms with Crippen LogP contribution in [-0.4, -0.2) is 17.0 Å². The summed E-state index contributed by atoms with van der Waals surface area (Å²) in [7, 11) is -5.11. The summed E-state index contributed by atoms with van der Waals surface area (Å²) in [5.41, 5.74) is 4.79. The van der Waals surface area contributed by atoms with E-state index in [0.29, 0.717) is 12.3 Å². The Morgan fingerprint density at radius 2 is 1.36 bits per heavy atom. The van der Waals surface area contributed by atoms with Gasteiger partial charge in [-0.25, -0.2) is 0 Å². The van der Waals surface area contributed by atoms with Gasteiger partial charge < -0.3 is 9.13 Å². The van der Waals surface area contributed by atoms with Gasteiger partial charge in [-0.05, 0) is 30.8 Å². The second kappa shape index (κ2) is 6.45. The number of fused-ring (bicyclic) bond motifs is 5. The molecule has 28 heavy (non-hydrogen) atoms. The molecule has 0 aliphatic carbocycles. The van der Waals surface area contributed by atoms with Gasteiger partial charge in [0, 0.05) is 35.2 Å². The Labute approximate surface area is 167 Å².